The van der Waals surface area contributed by atoms with Crippen molar-refractivity contribution in [3.05, 3.63) is 75.7 Å². The van der Waals surface area contributed by atoms with E-state index in [1.807, 2.05) is 48.5 Å². The highest BCUT2D eigenvalue weighted by atomic mass is 79.9. The van der Waals surface area contributed by atoms with Crippen LogP contribution in [0.25, 0.3) is 10.8 Å². The molecule has 0 aromatic heterocycles. The number of hydrogen-bond donors (Lipinski definition) is 1. The summed E-state index contributed by atoms with van der Waals surface area (Å²) in [6.45, 7) is 1.78. The number of ether oxygens (including phenoxy) is 1. The van der Waals surface area contributed by atoms with E-state index in [9.17, 15) is 9.59 Å². The van der Waals surface area contributed by atoms with Gasteiger partial charge in [-0.05, 0) is 57.4 Å². The Morgan fingerprint density at radius 1 is 1.10 bits per heavy atom. The van der Waals surface area contributed by atoms with Gasteiger partial charge in [-0.15, -0.1) is 0 Å². The number of hydrogen-bond acceptors (Lipinski definition) is 3. The summed E-state index contributed by atoms with van der Waals surface area (Å²) in [6.07, 6.45) is 0. The zero-order valence-corrected chi connectivity index (χ0v) is 19.0. The van der Waals surface area contributed by atoms with E-state index in [1.165, 1.54) is 4.90 Å². The molecule has 3 aromatic rings. The monoisotopic (exact) mass is 488 g/mol. The van der Waals surface area contributed by atoms with E-state index in [1.54, 1.807) is 26.1 Å². The van der Waals surface area contributed by atoms with Crippen molar-refractivity contribution in [3.63, 3.8) is 0 Å². The van der Waals surface area contributed by atoms with Crippen molar-refractivity contribution < 1.29 is 14.3 Å². The predicted molar refractivity (Wildman–Crippen MR) is 123 cm³/mol. The quantitative estimate of drug-likeness (QED) is 0.519. The van der Waals surface area contributed by atoms with Crippen molar-refractivity contribution in [2.45, 2.75) is 19.5 Å². The number of fused-ring (bicyclic) bond motifs is 1. The van der Waals surface area contributed by atoms with Crippen LogP contribution in [0.4, 0.5) is 0 Å². The number of carbonyl (C=O) groups excluding carboxylic acids is 2. The van der Waals surface area contributed by atoms with Crippen LogP contribution in [0, 0.1) is 0 Å². The SMILES string of the molecule is CNC(=O)[C@@H](C)N(Cc1ccc(Cl)cc1)C(=O)COc1ccc2ccccc2c1Br. The molecule has 0 aliphatic heterocycles. The molecule has 5 nitrogen and oxygen atoms in total. The average molecular weight is 490 g/mol. The number of amides is 2. The number of halogens is 2. The Bertz CT molecular complexity index is 1060. The molecular formula is C23H22BrClN2O3. The molecule has 1 atom stereocenters. The fourth-order valence-electron chi connectivity index (χ4n) is 3.13. The van der Waals surface area contributed by atoms with Crippen molar-refractivity contribution in [1.82, 2.24) is 10.2 Å². The van der Waals surface area contributed by atoms with Gasteiger partial charge in [0.25, 0.3) is 5.91 Å². The van der Waals surface area contributed by atoms with Gasteiger partial charge in [-0.3, -0.25) is 9.59 Å². The third kappa shape index (κ3) is 5.12. The summed E-state index contributed by atoms with van der Waals surface area (Å²) in [6, 6.07) is 18.2. The number of carbonyl (C=O) groups is 2. The Morgan fingerprint density at radius 3 is 2.50 bits per heavy atom. The lowest BCUT2D eigenvalue weighted by molar-refractivity contribution is -0.142. The second-order valence-electron chi connectivity index (χ2n) is 6.83. The first-order valence-electron chi connectivity index (χ1n) is 9.46. The second kappa shape index (κ2) is 9.96. The predicted octanol–water partition coefficient (Wildman–Crippen LogP) is 4.80. The van der Waals surface area contributed by atoms with Crippen LogP contribution in [0.5, 0.6) is 5.75 Å². The topological polar surface area (TPSA) is 58.6 Å². The Morgan fingerprint density at radius 2 is 1.80 bits per heavy atom. The highest BCUT2D eigenvalue weighted by Crippen LogP contribution is 2.33. The van der Waals surface area contributed by atoms with E-state index < -0.39 is 6.04 Å². The highest BCUT2D eigenvalue weighted by molar-refractivity contribution is 9.10. The standard InChI is InChI=1S/C23H22BrClN2O3/c1-15(23(29)26-2)27(13-16-7-10-18(25)11-8-16)21(28)14-30-20-12-9-17-5-3-4-6-19(17)22(20)24/h3-12,15H,13-14H2,1-2H3,(H,26,29)/t15-/m1/s1. The van der Waals surface area contributed by atoms with Gasteiger partial charge >= 0.3 is 0 Å². The van der Waals surface area contributed by atoms with Gasteiger partial charge in [0.1, 0.15) is 11.8 Å². The number of benzene rings is 3. The number of rotatable bonds is 7. The van der Waals surface area contributed by atoms with E-state index in [0.29, 0.717) is 10.8 Å². The Labute approximate surface area is 189 Å². The molecule has 30 heavy (non-hydrogen) atoms. The lowest BCUT2D eigenvalue weighted by atomic mass is 10.1. The van der Waals surface area contributed by atoms with Crippen LogP contribution in [-0.4, -0.2) is 36.4 Å². The fraction of sp³-hybridized carbons (Fsp3) is 0.217. The van der Waals surface area contributed by atoms with Crippen LogP contribution in [0.15, 0.2) is 65.1 Å². The molecule has 7 heteroatoms. The third-order valence-electron chi connectivity index (χ3n) is 4.86. The van der Waals surface area contributed by atoms with Crippen molar-refractivity contribution in [2.24, 2.45) is 0 Å². The number of nitrogens with zero attached hydrogens (tertiary/aromatic N) is 1. The van der Waals surface area contributed by atoms with Crippen LogP contribution in [-0.2, 0) is 16.1 Å². The summed E-state index contributed by atoms with van der Waals surface area (Å²) >= 11 is 9.52. The molecule has 1 N–H and O–H groups in total. The van der Waals surface area contributed by atoms with Gasteiger partial charge in [-0.25, -0.2) is 0 Å². The van der Waals surface area contributed by atoms with Gasteiger partial charge in [-0.2, -0.15) is 0 Å². The lowest BCUT2D eigenvalue weighted by Gasteiger charge is -2.28. The molecule has 156 valence electrons. The third-order valence-corrected chi connectivity index (χ3v) is 5.93. The second-order valence-corrected chi connectivity index (χ2v) is 8.06. The summed E-state index contributed by atoms with van der Waals surface area (Å²) in [5.74, 6) is 0.0337. The van der Waals surface area contributed by atoms with E-state index in [2.05, 4.69) is 21.2 Å². The molecule has 0 unspecified atom stereocenters. The zero-order valence-electron chi connectivity index (χ0n) is 16.7. The Balaban J connectivity index is 1.78. The largest absolute Gasteiger partial charge is 0.483 e. The average Bonchev–Trinajstić information content (AvgIpc) is 2.77. The first-order chi connectivity index (χ1) is 14.4. The molecule has 0 aliphatic rings. The van der Waals surface area contributed by atoms with Gasteiger partial charge in [0.05, 0.1) is 4.47 Å². The summed E-state index contributed by atoms with van der Waals surface area (Å²) in [5, 5.41) is 5.28. The molecule has 0 saturated heterocycles. The summed E-state index contributed by atoms with van der Waals surface area (Å²) in [4.78, 5) is 26.7. The minimum atomic E-state index is -0.651. The molecule has 0 radical (unpaired) electrons. The molecule has 3 rings (SSSR count). The summed E-state index contributed by atoms with van der Waals surface area (Å²) in [5.41, 5.74) is 0.871. The molecular weight excluding hydrogens is 468 g/mol. The number of nitrogens with one attached hydrogen (secondary N) is 1. The minimum Gasteiger partial charge on any atom is -0.483 e. The van der Waals surface area contributed by atoms with Crippen molar-refractivity contribution in [1.29, 1.82) is 0 Å². The van der Waals surface area contributed by atoms with Gasteiger partial charge in [0.2, 0.25) is 5.91 Å². The van der Waals surface area contributed by atoms with Crippen LogP contribution in [0.1, 0.15) is 12.5 Å². The van der Waals surface area contributed by atoms with Crippen LogP contribution < -0.4 is 10.1 Å². The maximum Gasteiger partial charge on any atom is 0.261 e. The molecule has 3 aromatic carbocycles. The molecule has 0 fully saturated rings. The number of likely N-dealkylation sites (N-methyl/N-ethyl adjacent to an activating group) is 1. The lowest BCUT2D eigenvalue weighted by Crippen LogP contribution is -2.48. The molecule has 0 heterocycles. The molecule has 0 aliphatic carbocycles. The first-order valence-corrected chi connectivity index (χ1v) is 10.6. The van der Waals surface area contributed by atoms with Crippen LogP contribution in [0.3, 0.4) is 0 Å². The van der Waals surface area contributed by atoms with Gasteiger partial charge in [0, 0.05) is 18.6 Å². The van der Waals surface area contributed by atoms with Crippen LogP contribution in [0.2, 0.25) is 5.02 Å². The highest BCUT2D eigenvalue weighted by Gasteiger charge is 2.26. The smallest absolute Gasteiger partial charge is 0.261 e. The van der Waals surface area contributed by atoms with Crippen molar-refractivity contribution >= 4 is 50.1 Å². The minimum absolute atomic E-state index is 0.189. The summed E-state index contributed by atoms with van der Waals surface area (Å²) < 4.78 is 6.61. The van der Waals surface area contributed by atoms with E-state index >= 15 is 0 Å². The van der Waals surface area contributed by atoms with Crippen molar-refractivity contribution in [2.75, 3.05) is 13.7 Å². The van der Waals surface area contributed by atoms with Gasteiger partial charge < -0.3 is 15.0 Å². The Hall–Kier alpha value is -2.57. The maximum absolute atomic E-state index is 13.0. The van der Waals surface area contributed by atoms with E-state index in [0.717, 1.165) is 20.8 Å². The van der Waals surface area contributed by atoms with Gasteiger partial charge in [-0.1, -0.05) is 54.1 Å². The summed E-state index contributed by atoms with van der Waals surface area (Å²) in [7, 11) is 1.55. The maximum atomic E-state index is 13.0. The van der Waals surface area contributed by atoms with Crippen LogP contribution >= 0.6 is 27.5 Å². The zero-order chi connectivity index (χ0) is 21.7. The molecule has 0 saturated carbocycles. The first kappa shape index (κ1) is 22.1. The van der Waals surface area contributed by atoms with Gasteiger partial charge in [0.15, 0.2) is 6.61 Å². The normalized spacial score (nSPS) is 11.7. The van der Waals surface area contributed by atoms with E-state index in [4.69, 9.17) is 16.3 Å². The molecule has 0 bridgehead atoms. The molecule has 2 amide bonds. The fourth-order valence-corrected chi connectivity index (χ4v) is 3.86. The van der Waals surface area contributed by atoms with E-state index in [-0.39, 0.29) is 25.0 Å². The van der Waals surface area contributed by atoms with Crippen molar-refractivity contribution in [3.8, 4) is 5.75 Å². The molecule has 0 spiro atoms. The Kier molecular flexibility index (Phi) is 7.34.